The van der Waals surface area contributed by atoms with E-state index in [4.69, 9.17) is 5.73 Å². The van der Waals surface area contributed by atoms with Gasteiger partial charge < -0.3 is 5.73 Å². The van der Waals surface area contributed by atoms with E-state index in [0.29, 0.717) is 12.1 Å². The summed E-state index contributed by atoms with van der Waals surface area (Å²) in [5.74, 6) is 1.17. The van der Waals surface area contributed by atoms with Gasteiger partial charge in [0, 0.05) is 29.3 Å². The van der Waals surface area contributed by atoms with E-state index in [-0.39, 0.29) is 0 Å². The molecule has 1 saturated heterocycles. The maximum atomic E-state index is 5.98. The Morgan fingerprint density at radius 3 is 2.82 bits per heavy atom. The van der Waals surface area contributed by atoms with Crippen molar-refractivity contribution in [2.24, 2.45) is 5.73 Å². The molecule has 1 aromatic carbocycles. The fourth-order valence-electron chi connectivity index (χ4n) is 2.39. The predicted octanol–water partition coefficient (Wildman–Crippen LogP) is 2.59. The highest BCUT2D eigenvalue weighted by Gasteiger charge is 2.22. The monoisotopic (exact) mass is 250 g/mol. The van der Waals surface area contributed by atoms with E-state index in [9.17, 15) is 0 Å². The molecule has 1 aromatic rings. The average molecular weight is 250 g/mol. The standard InChI is InChI=1S/C14H22N2S/c1-12-11-13(15)7-8-16(12)9-10-17-14-5-3-2-4-6-14/h2-6,12-13H,7-11,15H2,1H3. The Labute approximate surface area is 109 Å². The number of nitrogens with zero attached hydrogens (tertiary/aromatic N) is 1. The van der Waals surface area contributed by atoms with Crippen LogP contribution in [0.4, 0.5) is 0 Å². The zero-order chi connectivity index (χ0) is 12.1. The van der Waals surface area contributed by atoms with Crippen LogP contribution in [0.5, 0.6) is 0 Å². The zero-order valence-electron chi connectivity index (χ0n) is 10.5. The lowest BCUT2D eigenvalue weighted by atomic mass is 9.99. The molecule has 94 valence electrons. The number of hydrogen-bond donors (Lipinski definition) is 1. The van der Waals surface area contributed by atoms with E-state index < -0.39 is 0 Å². The minimum atomic E-state index is 0.419. The third-order valence-corrected chi connectivity index (χ3v) is 4.44. The number of piperidine rings is 1. The first-order chi connectivity index (χ1) is 8.25. The first-order valence-corrected chi connectivity index (χ1v) is 7.42. The SMILES string of the molecule is CC1CC(N)CCN1CCSc1ccccc1. The summed E-state index contributed by atoms with van der Waals surface area (Å²) in [7, 11) is 0. The van der Waals surface area contributed by atoms with Crippen molar-refractivity contribution in [1.82, 2.24) is 4.90 Å². The molecule has 2 rings (SSSR count). The molecular formula is C14H22N2S. The van der Waals surface area contributed by atoms with Crippen molar-refractivity contribution in [3.63, 3.8) is 0 Å². The van der Waals surface area contributed by atoms with Crippen LogP contribution >= 0.6 is 11.8 Å². The Kier molecular flexibility index (Phi) is 4.89. The smallest absolute Gasteiger partial charge is 0.0108 e. The van der Waals surface area contributed by atoms with Crippen LogP contribution in [0.1, 0.15) is 19.8 Å². The van der Waals surface area contributed by atoms with Crippen molar-refractivity contribution >= 4 is 11.8 Å². The molecule has 0 saturated carbocycles. The highest BCUT2D eigenvalue weighted by molar-refractivity contribution is 7.99. The van der Waals surface area contributed by atoms with Crippen molar-refractivity contribution < 1.29 is 0 Å². The van der Waals surface area contributed by atoms with Gasteiger partial charge >= 0.3 is 0 Å². The molecule has 17 heavy (non-hydrogen) atoms. The molecule has 1 fully saturated rings. The van der Waals surface area contributed by atoms with Gasteiger partial charge in [0.25, 0.3) is 0 Å². The predicted molar refractivity (Wildman–Crippen MR) is 75.4 cm³/mol. The van der Waals surface area contributed by atoms with Gasteiger partial charge in [-0.25, -0.2) is 0 Å². The van der Waals surface area contributed by atoms with Gasteiger partial charge in [-0.15, -0.1) is 11.8 Å². The normalized spacial score (nSPS) is 26.0. The van der Waals surface area contributed by atoms with Gasteiger partial charge in [-0.2, -0.15) is 0 Å². The third-order valence-electron chi connectivity index (χ3n) is 3.44. The molecular weight excluding hydrogens is 228 g/mol. The molecule has 2 nitrogen and oxygen atoms in total. The van der Waals surface area contributed by atoms with Crippen LogP contribution in [0.25, 0.3) is 0 Å². The number of hydrogen-bond acceptors (Lipinski definition) is 3. The van der Waals surface area contributed by atoms with Crippen LogP contribution in [0.3, 0.4) is 0 Å². The molecule has 0 spiro atoms. The summed E-state index contributed by atoms with van der Waals surface area (Å²) >= 11 is 1.94. The van der Waals surface area contributed by atoms with E-state index in [2.05, 4.69) is 42.2 Å². The second-order valence-corrected chi connectivity index (χ2v) is 6.00. The molecule has 2 atom stereocenters. The number of nitrogens with two attached hydrogens (primary N) is 1. The van der Waals surface area contributed by atoms with Crippen molar-refractivity contribution in [3.8, 4) is 0 Å². The van der Waals surface area contributed by atoms with Crippen LogP contribution in [0.15, 0.2) is 35.2 Å². The van der Waals surface area contributed by atoms with Gasteiger partial charge in [0.1, 0.15) is 0 Å². The summed E-state index contributed by atoms with van der Waals surface area (Å²) in [6.07, 6.45) is 2.30. The lowest BCUT2D eigenvalue weighted by Crippen LogP contribution is -2.46. The Hall–Kier alpha value is -0.510. The van der Waals surface area contributed by atoms with E-state index in [1.165, 1.54) is 17.2 Å². The second-order valence-electron chi connectivity index (χ2n) is 4.83. The molecule has 0 aliphatic carbocycles. The van der Waals surface area contributed by atoms with Gasteiger partial charge in [-0.1, -0.05) is 18.2 Å². The summed E-state index contributed by atoms with van der Waals surface area (Å²) in [6, 6.07) is 11.7. The van der Waals surface area contributed by atoms with Gasteiger partial charge in [-0.3, -0.25) is 4.90 Å². The molecule has 2 unspecified atom stereocenters. The Morgan fingerprint density at radius 1 is 1.35 bits per heavy atom. The fraction of sp³-hybridized carbons (Fsp3) is 0.571. The van der Waals surface area contributed by atoms with Crippen LogP contribution in [0.2, 0.25) is 0 Å². The van der Waals surface area contributed by atoms with Gasteiger partial charge in [0.05, 0.1) is 0 Å². The molecule has 2 N–H and O–H groups in total. The molecule has 0 bridgehead atoms. The van der Waals surface area contributed by atoms with E-state index in [1.807, 2.05) is 11.8 Å². The lowest BCUT2D eigenvalue weighted by Gasteiger charge is -2.36. The van der Waals surface area contributed by atoms with Crippen LogP contribution in [-0.4, -0.2) is 35.8 Å². The molecule has 3 heteroatoms. The maximum absolute atomic E-state index is 5.98. The van der Waals surface area contributed by atoms with Crippen molar-refractivity contribution in [2.75, 3.05) is 18.8 Å². The molecule has 1 heterocycles. The van der Waals surface area contributed by atoms with Crippen LogP contribution < -0.4 is 5.73 Å². The minimum absolute atomic E-state index is 0.419. The van der Waals surface area contributed by atoms with E-state index in [0.717, 1.165) is 19.4 Å². The van der Waals surface area contributed by atoms with Gasteiger partial charge in [0.15, 0.2) is 0 Å². The number of likely N-dealkylation sites (tertiary alicyclic amines) is 1. The average Bonchev–Trinajstić information content (AvgIpc) is 2.33. The topological polar surface area (TPSA) is 29.3 Å². The zero-order valence-corrected chi connectivity index (χ0v) is 11.3. The molecule has 0 aromatic heterocycles. The van der Waals surface area contributed by atoms with Crippen molar-refractivity contribution in [1.29, 1.82) is 0 Å². The van der Waals surface area contributed by atoms with Crippen molar-refractivity contribution in [2.45, 2.75) is 36.7 Å². The molecule has 0 amide bonds. The molecule has 1 aliphatic rings. The largest absolute Gasteiger partial charge is 0.328 e. The second kappa shape index (κ2) is 6.43. The van der Waals surface area contributed by atoms with E-state index in [1.54, 1.807) is 0 Å². The highest BCUT2D eigenvalue weighted by Crippen LogP contribution is 2.20. The summed E-state index contributed by atoms with van der Waals surface area (Å²) in [6.45, 7) is 4.64. The first kappa shape index (κ1) is 12.9. The molecule has 1 aliphatic heterocycles. The van der Waals surface area contributed by atoms with Gasteiger partial charge in [0.2, 0.25) is 0 Å². The minimum Gasteiger partial charge on any atom is -0.328 e. The number of thioether (sulfide) groups is 1. The van der Waals surface area contributed by atoms with Gasteiger partial charge in [-0.05, 0) is 38.4 Å². The third kappa shape index (κ3) is 4.02. The number of rotatable bonds is 4. The first-order valence-electron chi connectivity index (χ1n) is 6.43. The quantitative estimate of drug-likeness (QED) is 0.833. The number of benzene rings is 1. The summed E-state index contributed by atoms with van der Waals surface area (Å²) in [5, 5.41) is 0. The Morgan fingerprint density at radius 2 is 2.12 bits per heavy atom. The highest BCUT2D eigenvalue weighted by atomic mass is 32.2. The van der Waals surface area contributed by atoms with Crippen LogP contribution in [0, 0.1) is 0 Å². The fourth-order valence-corrected chi connectivity index (χ4v) is 3.30. The molecule has 0 radical (unpaired) electrons. The van der Waals surface area contributed by atoms with Crippen molar-refractivity contribution in [3.05, 3.63) is 30.3 Å². The Balaban J connectivity index is 1.72. The summed E-state index contributed by atoms with van der Waals surface area (Å²) in [4.78, 5) is 3.94. The maximum Gasteiger partial charge on any atom is 0.0108 e. The summed E-state index contributed by atoms with van der Waals surface area (Å²) < 4.78 is 0. The Bertz CT molecular complexity index is 328. The van der Waals surface area contributed by atoms with Crippen LogP contribution in [-0.2, 0) is 0 Å². The summed E-state index contributed by atoms with van der Waals surface area (Å²) in [5.41, 5.74) is 5.98. The van der Waals surface area contributed by atoms with E-state index >= 15 is 0 Å². The lowest BCUT2D eigenvalue weighted by molar-refractivity contribution is 0.157.